The first-order valence-corrected chi connectivity index (χ1v) is 5.71. The van der Waals surface area contributed by atoms with Crippen LogP contribution in [0, 0.1) is 18.3 Å². The van der Waals surface area contributed by atoms with Crippen LogP contribution in [-0.4, -0.2) is 0 Å². The van der Waals surface area contributed by atoms with Crippen LogP contribution in [0.25, 0.3) is 0 Å². The lowest BCUT2D eigenvalue weighted by Gasteiger charge is -2.10. The van der Waals surface area contributed by atoms with Gasteiger partial charge < -0.3 is 10.5 Å². The number of hydrogen-bond donors (Lipinski definition) is 1. The second-order valence-electron chi connectivity index (χ2n) is 3.90. The van der Waals surface area contributed by atoms with Crippen LogP contribution in [0.3, 0.4) is 0 Å². The molecule has 0 saturated carbocycles. The quantitative estimate of drug-likeness (QED) is 0.831. The van der Waals surface area contributed by atoms with Crippen LogP contribution in [-0.2, 0) is 0 Å². The molecule has 0 saturated heterocycles. The normalized spacial score (nSPS) is 9.83. The summed E-state index contributed by atoms with van der Waals surface area (Å²) in [6.45, 7) is 1.95. The molecule has 90 valence electrons. The summed E-state index contributed by atoms with van der Waals surface area (Å²) < 4.78 is 5.63. The molecule has 0 heterocycles. The molecule has 0 bridgehead atoms. The highest BCUT2D eigenvalue weighted by atomic mass is 35.5. The van der Waals surface area contributed by atoms with E-state index in [4.69, 9.17) is 27.3 Å². The first kappa shape index (κ1) is 12.3. The zero-order valence-corrected chi connectivity index (χ0v) is 10.5. The molecule has 2 aromatic carbocycles. The lowest BCUT2D eigenvalue weighted by Crippen LogP contribution is -1.93. The number of nitrogens with two attached hydrogens (primary N) is 1. The molecule has 4 heteroatoms. The van der Waals surface area contributed by atoms with Crippen molar-refractivity contribution in [1.82, 2.24) is 0 Å². The van der Waals surface area contributed by atoms with Gasteiger partial charge in [0.05, 0.1) is 22.3 Å². The summed E-state index contributed by atoms with van der Waals surface area (Å²) in [6.07, 6.45) is 0. The summed E-state index contributed by atoms with van der Waals surface area (Å²) in [6, 6.07) is 12.4. The lowest BCUT2D eigenvalue weighted by molar-refractivity contribution is 0.485. The van der Waals surface area contributed by atoms with Gasteiger partial charge in [0.1, 0.15) is 11.5 Å². The molecule has 0 radical (unpaired) electrons. The van der Waals surface area contributed by atoms with Gasteiger partial charge in [0.2, 0.25) is 0 Å². The Labute approximate surface area is 110 Å². The summed E-state index contributed by atoms with van der Waals surface area (Å²) in [5.74, 6) is 1.03. The van der Waals surface area contributed by atoms with Crippen LogP contribution in [0.1, 0.15) is 11.1 Å². The minimum atomic E-state index is 0.383. The van der Waals surface area contributed by atoms with E-state index in [9.17, 15) is 0 Å². The zero-order chi connectivity index (χ0) is 13.1. The van der Waals surface area contributed by atoms with Gasteiger partial charge >= 0.3 is 0 Å². The van der Waals surface area contributed by atoms with Gasteiger partial charge in [-0.15, -0.1) is 0 Å². The highest BCUT2D eigenvalue weighted by Gasteiger charge is 2.07. The van der Waals surface area contributed by atoms with E-state index in [-0.39, 0.29) is 0 Å². The van der Waals surface area contributed by atoms with E-state index in [0.29, 0.717) is 27.8 Å². The van der Waals surface area contributed by atoms with Gasteiger partial charge in [-0.25, -0.2) is 0 Å². The highest BCUT2D eigenvalue weighted by Crippen LogP contribution is 2.33. The molecule has 3 nitrogen and oxygen atoms in total. The van der Waals surface area contributed by atoms with E-state index in [2.05, 4.69) is 0 Å². The van der Waals surface area contributed by atoms with Crippen LogP contribution in [0.5, 0.6) is 11.5 Å². The van der Waals surface area contributed by atoms with Crippen molar-refractivity contribution in [2.75, 3.05) is 5.73 Å². The summed E-state index contributed by atoms with van der Waals surface area (Å²) in [5.41, 5.74) is 7.96. The molecule has 2 rings (SSSR count). The monoisotopic (exact) mass is 258 g/mol. The average molecular weight is 259 g/mol. The Bertz CT molecular complexity index is 632. The standard InChI is InChI=1S/C14H11ClN2O/c1-9-2-4-14(12(17)6-9)18-13-5-3-10(8-16)7-11(13)15/h2-7H,17H2,1H3. The minimum Gasteiger partial charge on any atom is -0.454 e. The zero-order valence-electron chi connectivity index (χ0n) is 9.77. The SMILES string of the molecule is Cc1ccc(Oc2ccc(C#N)cc2Cl)c(N)c1. The van der Waals surface area contributed by atoms with Crippen molar-refractivity contribution < 1.29 is 4.74 Å². The molecule has 2 aromatic rings. The van der Waals surface area contributed by atoms with Crippen molar-refractivity contribution in [2.45, 2.75) is 6.92 Å². The van der Waals surface area contributed by atoms with Gasteiger partial charge in [-0.3, -0.25) is 0 Å². The van der Waals surface area contributed by atoms with Gasteiger partial charge in [0.15, 0.2) is 0 Å². The number of benzene rings is 2. The van der Waals surface area contributed by atoms with E-state index < -0.39 is 0 Å². The van der Waals surface area contributed by atoms with Crippen LogP contribution in [0.2, 0.25) is 5.02 Å². The summed E-state index contributed by atoms with van der Waals surface area (Å²) >= 11 is 6.02. The third kappa shape index (κ3) is 2.55. The van der Waals surface area contributed by atoms with Crippen molar-refractivity contribution in [1.29, 1.82) is 5.26 Å². The summed E-state index contributed by atoms with van der Waals surface area (Å²) in [7, 11) is 0. The van der Waals surface area contributed by atoms with Crippen LogP contribution in [0.4, 0.5) is 5.69 Å². The van der Waals surface area contributed by atoms with Crippen molar-refractivity contribution in [3.63, 3.8) is 0 Å². The number of nitriles is 1. The molecule has 2 N–H and O–H groups in total. The number of aryl methyl sites for hydroxylation is 1. The van der Waals surface area contributed by atoms with Gasteiger partial charge in [-0.05, 0) is 42.8 Å². The molecule has 0 aliphatic carbocycles. The maximum absolute atomic E-state index is 8.75. The second kappa shape index (κ2) is 4.99. The van der Waals surface area contributed by atoms with Crippen LogP contribution >= 0.6 is 11.6 Å². The third-order valence-electron chi connectivity index (χ3n) is 2.45. The Kier molecular flexibility index (Phi) is 3.40. The van der Waals surface area contributed by atoms with Crippen molar-refractivity contribution in [2.24, 2.45) is 0 Å². The van der Waals surface area contributed by atoms with E-state index in [1.54, 1.807) is 24.3 Å². The topological polar surface area (TPSA) is 59.0 Å². The van der Waals surface area contributed by atoms with Gasteiger partial charge in [-0.2, -0.15) is 5.26 Å². The maximum Gasteiger partial charge on any atom is 0.150 e. The molecule has 0 aliphatic heterocycles. The van der Waals surface area contributed by atoms with Crippen molar-refractivity contribution >= 4 is 17.3 Å². The highest BCUT2D eigenvalue weighted by molar-refractivity contribution is 6.32. The predicted molar refractivity (Wildman–Crippen MR) is 71.8 cm³/mol. The molecule has 0 aromatic heterocycles. The Morgan fingerprint density at radius 3 is 2.50 bits per heavy atom. The number of halogens is 1. The second-order valence-corrected chi connectivity index (χ2v) is 4.31. The number of hydrogen-bond acceptors (Lipinski definition) is 3. The molecule has 0 atom stereocenters. The van der Waals surface area contributed by atoms with Crippen molar-refractivity contribution in [3.8, 4) is 17.6 Å². The number of ether oxygens (including phenoxy) is 1. The Morgan fingerprint density at radius 2 is 1.89 bits per heavy atom. The maximum atomic E-state index is 8.75. The van der Waals surface area contributed by atoms with E-state index in [1.165, 1.54) is 0 Å². The third-order valence-corrected chi connectivity index (χ3v) is 2.74. The first-order valence-electron chi connectivity index (χ1n) is 5.34. The molecule has 0 aliphatic rings. The van der Waals surface area contributed by atoms with E-state index in [1.807, 2.05) is 25.1 Å². The number of anilines is 1. The Balaban J connectivity index is 2.32. The van der Waals surface area contributed by atoms with Gasteiger partial charge in [0, 0.05) is 0 Å². The molecule has 0 fully saturated rings. The molecule has 0 amide bonds. The smallest absolute Gasteiger partial charge is 0.150 e. The Hall–Kier alpha value is -2.18. The summed E-state index contributed by atoms with van der Waals surface area (Å²) in [4.78, 5) is 0. The Morgan fingerprint density at radius 1 is 1.17 bits per heavy atom. The fourth-order valence-electron chi connectivity index (χ4n) is 1.53. The van der Waals surface area contributed by atoms with E-state index >= 15 is 0 Å². The van der Waals surface area contributed by atoms with E-state index in [0.717, 1.165) is 5.56 Å². The molecule has 18 heavy (non-hydrogen) atoms. The minimum absolute atomic E-state index is 0.383. The molecule has 0 unspecified atom stereocenters. The number of nitrogen functional groups attached to an aromatic ring is 1. The average Bonchev–Trinajstić information content (AvgIpc) is 2.34. The number of rotatable bonds is 2. The fourth-order valence-corrected chi connectivity index (χ4v) is 1.75. The van der Waals surface area contributed by atoms with Gasteiger partial charge in [-0.1, -0.05) is 17.7 Å². The molecular formula is C14H11ClN2O. The fraction of sp³-hybridized carbons (Fsp3) is 0.0714. The summed E-state index contributed by atoms with van der Waals surface area (Å²) in [5, 5.41) is 9.13. The lowest BCUT2D eigenvalue weighted by atomic mass is 10.2. The number of nitrogens with zero attached hydrogens (tertiary/aromatic N) is 1. The molecule has 0 spiro atoms. The van der Waals surface area contributed by atoms with Crippen LogP contribution < -0.4 is 10.5 Å². The van der Waals surface area contributed by atoms with Gasteiger partial charge in [0.25, 0.3) is 0 Å². The predicted octanol–water partition coefficient (Wildman–Crippen LogP) is 3.89. The first-order chi connectivity index (χ1) is 8.60. The van der Waals surface area contributed by atoms with Crippen molar-refractivity contribution in [3.05, 3.63) is 52.5 Å². The van der Waals surface area contributed by atoms with Crippen LogP contribution in [0.15, 0.2) is 36.4 Å². The molecular weight excluding hydrogens is 248 g/mol. The largest absolute Gasteiger partial charge is 0.454 e.